The van der Waals surface area contributed by atoms with Gasteiger partial charge in [-0.3, -0.25) is 0 Å². The summed E-state index contributed by atoms with van der Waals surface area (Å²) in [5, 5.41) is 0. The van der Waals surface area contributed by atoms with Crippen LogP contribution in [0.4, 0.5) is 0 Å². The third-order valence-electron chi connectivity index (χ3n) is 6.87. The van der Waals surface area contributed by atoms with Gasteiger partial charge in [0.15, 0.2) is 6.29 Å². The van der Waals surface area contributed by atoms with Crippen molar-refractivity contribution in [3.63, 3.8) is 0 Å². The Morgan fingerprint density at radius 2 is 1.13 bits per heavy atom. The summed E-state index contributed by atoms with van der Waals surface area (Å²) in [5.74, 6) is 0. The number of carbonyl (C=O) groups is 1. The van der Waals surface area contributed by atoms with Gasteiger partial charge in [0.1, 0.15) is 6.10 Å². The molecule has 39 heavy (non-hydrogen) atoms. The lowest BCUT2D eigenvalue weighted by molar-refractivity contribution is -0.135. The van der Waals surface area contributed by atoms with Gasteiger partial charge in [0.2, 0.25) is 0 Å². The van der Waals surface area contributed by atoms with Crippen LogP contribution in [0.2, 0.25) is 0 Å². The van der Waals surface area contributed by atoms with Gasteiger partial charge < -0.3 is 18.5 Å². The molecule has 0 saturated carbocycles. The number of aldehydes is 1. The highest BCUT2D eigenvalue weighted by Crippen LogP contribution is 2.71. The molecule has 0 aliphatic carbocycles. The molecule has 0 bridgehead atoms. The van der Waals surface area contributed by atoms with Crippen molar-refractivity contribution in [2.24, 2.45) is 0 Å². The molecular formula is C34H46O4S. The first-order chi connectivity index (χ1) is 18.4. The summed E-state index contributed by atoms with van der Waals surface area (Å²) < 4.78 is 19.4. The van der Waals surface area contributed by atoms with Crippen molar-refractivity contribution in [3.8, 4) is 0 Å². The maximum atomic E-state index is 11.7. The van der Waals surface area contributed by atoms with Crippen molar-refractivity contribution in [1.82, 2.24) is 0 Å². The Kier molecular flexibility index (Phi) is 10.6. The first kappa shape index (κ1) is 31.1. The summed E-state index contributed by atoms with van der Waals surface area (Å²) in [6.07, 6.45) is 1.69. The fourth-order valence-corrected chi connectivity index (χ4v) is 8.38. The summed E-state index contributed by atoms with van der Waals surface area (Å²) >= 11 is 0. The lowest BCUT2D eigenvalue weighted by Gasteiger charge is -2.50. The highest BCUT2D eigenvalue weighted by Gasteiger charge is 2.41. The quantitative estimate of drug-likeness (QED) is 0.188. The van der Waals surface area contributed by atoms with E-state index in [1.807, 2.05) is 44.2 Å². The Balaban J connectivity index is 1.64. The summed E-state index contributed by atoms with van der Waals surface area (Å²) in [6, 6.07) is 30.9. The zero-order chi connectivity index (χ0) is 28.6. The van der Waals surface area contributed by atoms with Gasteiger partial charge >= 0.3 is 0 Å². The third-order valence-corrected chi connectivity index (χ3v) is 11.0. The Bertz CT molecular complexity index is 1100. The number of carbonyl (C=O) groups excluding carboxylic acids is 1. The van der Waals surface area contributed by atoms with Gasteiger partial charge in [-0.15, -0.1) is 0 Å². The van der Waals surface area contributed by atoms with Gasteiger partial charge in [0.25, 0.3) is 0 Å². The summed E-state index contributed by atoms with van der Waals surface area (Å²) in [5.41, 5.74) is -0.0310. The molecule has 0 N–H and O–H groups in total. The Morgan fingerprint density at radius 1 is 0.667 bits per heavy atom. The topological polar surface area (TPSA) is 44.8 Å². The van der Waals surface area contributed by atoms with E-state index in [2.05, 4.69) is 95.3 Å². The van der Waals surface area contributed by atoms with Crippen molar-refractivity contribution in [2.75, 3.05) is 13.2 Å². The lowest BCUT2D eigenvalue weighted by atomic mass is 10.0. The Hall–Kier alpha value is -2.44. The van der Waals surface area contributed by atoms with Gasteiger partial charge in [-0.05, 0) is 84.7 Å². The standard InChI is InChI=1S/C34H46O4S/c1-32(2,3)39(29-19-13-9-14-20-29,30-21-15-10-16-22-30)37-26-24-33(4,5)36-25-23-34(6,7)38-31(27-35)28-17-11-8-12-18-28/h8-22,27,31H,23-26H2,1-7H3. The fourth-order valence-electron chi connectivity index (χ4n) is 4.66. The van der Waals surface area contributed by atoms with E-state index in [0.717, 1.165) is 18.3 Å². The van der Waals surface area contributed by atoms with Crippen LogP contribution in [0.3, 0.4) is 0 Å². The van der Waals surface area contributed by atoms with Gasteiger partial charge in [-0.25, -0.2) is 0 Å². The van der Waals surface area contributed by atoms with Crippen molar-refractivity contribution >= 4 is 16.6 Å². The smallest absolute Gasteiger partial charge is 0.153 e. The molecular weight excluding hydrogens is 504 g/mol. The molecule has 212 valence electrons. The molecule has 0 spiro atoms. The van der Waals surface area contributed by atoms with Crippen LogP contribution < -0.4 is 0 Å². The second-order valence-electron chi connectivity index (χ2n) is 12.1. The van der Waals surface area contributed by atoms with Crippen LogP contribution in [0, 0.1) is 0 Å². The van der Waals surface area contributed by atoms with E-state index < -0.39 is 22.0 Å². The molecule has 1 unspecified atom stereocenters. The molecule has 0 fully saturated rings. The highest BCUT2D eigenvalue weighted by molar-refractivity contribution is 8.31. The molecule has 3 aromatic carbocycles. The minimum Gasteiger partial charge on any atom is -0.375 e. The summed E-state index contributed by atoms with van der Waals surface area (Å²) in [7, 11) is -1.79. The number of hydrogen-bond donors (Lipinski definition) is 0. The van der Waals surface area contributed by atoms with E-state index in [1.165, 1.54) is 9.79 Å². The zero-order valence-corrected chi connectivity index (χ0v) is 25.5. The lowest BCUT2D eigenvalue weighted by Crippen LogP contribution is -2.33. The normalized spacial score (nSPS) is 14.1. The molecule has 3 aromatic rings. The van der Waals surface area contributed by atoms with E-state index in [4.69, 9.17) is 13.7 Å². The van der Waals surface area contributed by atoms with Crippen LogP contribution in [0.1, 0.15) is 73.0 Å². The first-order valence-electron chi connectivity index (χ1n) is 13.8. The monoisotopic (exact) mass is 550 g/mol. The molecule has 0 heterocycles. The second kappa shape index (κ2) is 13.3. The van der Waals surface area contributed by atoms with Crippen molar-refractivity contribution in [1.29, 1.82) is 0 Å². The molecule has 0 amide bonds. The summed E-state index contributed by atoms with van der Waals surface area (Å²) in [6.45, 7) is 16.2. The third kappa shape index (κ3) is 8.28. The predicted molar refractivity (Wildman–Crippen MR) is 162 cm³/mol. The number of ether oxygens (including phenoxy) is 2. The van der Waals surface area contributed by atoms with Crippen molar-refractivity contribution < 1.29 is 18.5 Å². The van der Waals surface area contributed by atoms with Gasteiger partial charge in [-0.2, -0.15) is 0 Å². The van der Waals surface area contributed by atoms with E-state index in [9.17, 15) is 4.79 Å². The molecule has 1 atom stereocenters. The minimum absolute atomic E-state index is 0.115. The van der Waals surface area contributed by atoms with E-state index >= 15 is 0 Å². The number of rotatable bonds is 14. The molecule has 0 radical (unpaired) electrons. The molecule has 5 heteroatoms. The Labute approximate surface area is 237 Å². The SMILES string of the molecule is CC(C)(CCOS(c1ccccc1)(c1ccccc1)C(C)(C)C)OCCC(C)(C)OC(C=O)c1ccccc1. The fraction of sp³-hybridized carbons (Fsp3) is 0.441. The largest absolute Gasteiger partial charge is 0.375 e. The number of hydrogen-bond acceptors (Lipinski definition) is 4. The van der Waals surface area contributed by atoms with Crippen LogP contribution in [-0.4, -0.2) is 35.4 Å². The van der Waals surface area contributed by atoms with Crippen LogP contribution >= 0.6 is 10.3 Å². The highest BCUT2D eigenvalue weighted by atomic mass is 32.3. The second-order valence-corrected chi connectivity index (χ2v) is 15.6. The van der Waals surface area contributed by atoms with Gasteiger partial charge in [0, 0.05) is 21.0 Å². The van der Waals surface area contributed by atoms with Gasteiger partial charge in [-0.1, -0.05) is 77.0 Å². The Morgan fingerprint density at radius 3 is 1.59 bits per heavy atom. The molecule has 0 saturated heterocycles. The molecule has 0 aliphatic rings. The van der Waals surface area contributed by atoms with E-state index in [0.29, 0.717) is 19.6 Å². The van der Waals surface area contributed by atoms with E-state index in [1.54, 1.807) is 0 Å². The molecule has 3 rings (SSSR count). The zero-order valence-electron chi connectivity index (χ0n) is 24.7. The average molecular weight is 551 g/mol. The van der Waals surface area contributed by atoms with Crippen LogP contribution in [0.15, 0.2) is 101 Å². The predicted octanol–water partition coefficient (Wildman–Crippen LogP) is 8.95. The first-order valence-corrected chi connectivity index (χ1v) is 15.4. The molecule has 0 aliphatic heterocycles. The molecule has 4 nitrogen and oxygen atoms in total. The number of benzene rings is 3. The van der Waals surface area contributed by atoms with E-state index in [-0.39, 0.29) is 10.3 Å². The average Bonchev–Trinajstić information content (AvgIpc) is 2.90. The van der Waals surface area contributed by atoms with Gasteiger partial charge in [0.05, 0.1) is 24.4 Å². The maximum absolute atomic E-state index is 11.7. The molecule has 0 aromatic heterocycles. The van der Waals surface area contributed by atoms with Crippen LogP contribution in [0.25, 0.3) is 0 Å². The maximum Gasteiger partial charge on any atom is 0.153 e. The van der Waals surface area contributed by atoms with Crippen molar-refractivity contribution in [3.05, 3.63) is 96.6 Å². The van der Waals surface area contributed by atoms with Crippen molar-refractivity contribution in [2.45, 2.75) is 93.2 Å². The van der Waals surface area contributed by atoms with Crippen LogP contribution in [0.5, 0.6) is 0 Å². The summed E-state index contributed by atoms with van der Waals surface area (Å²) in [4.78, 5) is 14.2. The minimum atomic E-state index is -1.79. The van der Waals surface area contributed by atoms with Crippen LogP contribution in [-0.2, 0) is 18.5 Å².